The van der Waals surface area contributed by atoms with Gasteiger partial charge in [-0.25, -0.2) is 18.2 Å². The molecule has 4 aromatic rings. The van der Waals surface area contributed by atoms with Crippen LogP contribution in [0.15, 0.2) is 77.8 Å². The number of nitrogens with zero attached hydrogens (tertiary/aromatic N) is 2. The molecule has 0 aliphatic carbocycles. The molecule has 0 amide bonds. The second-order valence-electron chi connectivity index (χ2n) is 9.02. The van der Waals surface area contributed by atoms with Crippen molar-refractivity contribution >= 4 is 22.7 Å². The molecule has 38 heavy (non-hydrogen) atoms. The summed E-state index contributed by atoms with van der Waals surface area (Å²) in [7, 11) is 0. The topological polar surface area (TPSA) is 41.1 Å². The number of allylic oxidation sites excluding steroid dienone is 1. The van der Waals surface area contributed by atoms with Crippen molar-refractivity contribution in [2.24, 2.45) is 4.99 Å². The summed E-state index contributed by atoms with van der Waals surface area (Å²) in [6.45, 7) is 0.475. The van der Waals surface area contributed by atoms with Gasteiger partial charge in [0, 0.05) is 40.6 Å². The molecule has 0 fully saturated rings. The molecule has 3 nitrogen and oxygen atoms in total. The van der Waals surface area contributed by atoms with E-state index in [2.05, 4.69) is 4.99 Å². The summed E-state index contributed by atoms with van der Waals surface area (Å²) in [6.07, 6.45) is -2.34. The highest BCUT2D eigenvalue weighted by Gasteiger charge is 2.37. The Labute approximate surface area is 212 Å². The lowest BCUT2D eigenvalue weighted by atomic mass is 9.91. The number of hydrogen-bond donors (Lipinski definition) is 1. The van der Waals surface area contributed by atoms with E-state index in [1.165, 1.54) is 30.3 Å². The molecule has 2 aliphatic heterocycles. The highest BCUT2D eigenvalue weighted by atomic mass is 19.4. The number of rotatable bonds is 3. The molecular weight excluding hydrogens is 504 g/mol. The summed E-state index contributed by atoms with van der Waals surface area (Å²) in [6, 6.07) is 14.4. The molecular formula is C29H17F6N3. The molecule has 6 rings (SSSR count). The number of aromatic nitrogens is 1. The Morgan fingerprint density at radius 3 is 2.39 bits per heavy atom. The van der Waals surface area contributed by atoms with E-state index in [-0.39, 0.29) is 33.8 Å². The lowest BCUT2D eigenvalue weighted by Crippen LogP contribution is -2.19. The molecule has 0 spiro atoms. The first-order valence-electron chi connectivity index (χ1n) is 11.7. The third-order valence-corrected chi connectivity index (χ3v) is 6.77. The lowest BCUT2D eigenvalue weighted by molar-refractivity contribution is -0.137. The highest BCUT2D eigenvalue weighted by Crippen LogP contribution is 2.40. The van der Waals surface area contributed by atoms with Gasteiger partial charge in [0.2, 0.25) is 0 Å². The van der Waals surface area contributed by atoms with E-state index in [0.717, 1.165) is 24.3 Å². The van der Waals surface area contributed by atoms with Gasteiger partial charge in [-0.2, -0.15) is 13.2 Å². The largest absolute Gasteiger partial charge is 0.417 e. The Bertz CT molecular complexity index is 1710. The molecule has 2 aliphatic rings. The predicted molar refractivity (Wildman–Crippen MR) is 132 cm³/mol. The van der Waals surface area contributed by atoms with Gasteiger partial charge in [-0.05, 0) is 60.5 Å². The van der Waals surface area contributed by atoms with Crippen molar-refractivity contribution < 1.29 is 26.3 Å². The van der Waals surface area contributed by atoms with Gasteiger partial charge in [0.05, 0.1) is 28.4 Å². The van der Waals surface area contributed by atoms with Crippen LogP contribution in [0.4, 0.5) is 32.0 Å². The minimum Gasteiger partial charge on any atom is -0.340 e. The molecule has 3 aromatic carbocycles. The van der Waals surface area contributed by atoms with Crippen molar-refractivity contribution in [1.82, 2.24) is 4.57 Å². The van der Waals surface area contributed by atoms with Gasteiger partial charge in [0.15, 0.2) is 11.6 Å². The van der Waals surface area contributed by atoms with Crippen molar-refractivity contribution in [3.05, 3.63) is 118 Å². The van der Waals surface area contributed by atoms with Crippen molar-refractivity contribution in [3.63, 3.8) is 0 Å². The quantitative estimate of drug-likeness (QED) is 0.266. The number of nitrogens with one attached hydrogen (secondary N) is 1. The molecule has 0 bridgehead atoms. The fourth-order valence-electron chi connectivity index (χ4n) is 5.05. The minimum absolute atomic E-state index is 0.0874. The maximum absolute atomic E-state index is 14.5. The van der Waals surface area contributed by atoms with E-state index >= 15 is 0 Å². The zero-order valence-electron chi connectivity index (χ0n) is 19.5. The molecule has 1 N–H and O–H groups in total. The molecule has 9 heteroatoms. The Morgan fingerprint density at radius 1 is 0.816 bits per heavy atom. The van der Waals surface area contributed by atoms with Gasteiger partial charge >= 0.3 is 6.18 Å². The van der Waals surface area contributed by atoms with E-state index in [1.807, 2.05) is 6.08 Å². The normalized spacial score (nSPS) is 14.7. The fraction of sp³-hybridized carbons (Fsp3) is 0.103. The van der Waals surface area contributed by atoms with E-state index in [4.69, 9.17) is 5.41 Å². The molecule has 0 saturated carbocycles. The molecule has 1 aromatic heterocycles. The van der Waals surface area contributed by atoms with Crippen LogP contribution in [0.5, 0.6) is 0 Å². The van der Waals surface area contributed by atoms with Crippen molar-refractivity contribution in [2.75, 3.05) is 0 Å². The average Bonchev–Trinajstić information content (AvgIpc) is 3.45. The van der Waals surface area contributed by atoms with Crippen LogP contribution in [0.1, 0.15) is 34.4 Å². The third-order valence-electron chi connectivity index (χ3n) is 6.77. The van der Waals surface area contributed by atoms with Crippen molar-refractivity contribution in [3.8, 4) is 11.3 Å². The van der Waals surface area contributed by atoms with Crippen LogP contribution in [-0.4, -0.2) is 16.0 Å². The van der Waals surface area contributed by atoms with Gasteiger partial charge in [-0.15, -0.1) is 0 Å². The second-order valence-corrected chi connectivity index (χ2v) is 9.02. The monoisotopic (exact) mass is 521 g/mol. The molecule has 0 atom stereocenters. The molecule has 0 saturated heterocycles. The second kappa shape index (κ2) is 8.58. The number of aliphatic imine (C=N–C) groups is 1. The summed E-state index contributed by atoms with van der Waals surface area (Å²) in [5.74, 6) is -2.56. The Morgan fingerprint density at radius 2 is 1.61 bits per heavy atom. The summed E-state index contributed by atoms with van der Waals surface area (Å²) in [5.41, 5.74) is 0.877. The van der Waals surface area contributed by atoms with Crippen LogP contribution < -0.4 is 0 Å². The molecule has 0 unspecified atom stereocenters. The lowest BCUT2D eigenvalue weighted by Gasteiger charge is -2.22. The van der Waals surface area contributed by atoms with Gasteiger partial charge in [0.1, 0.15) is 5.82 Å². The van der Waals surface area contributed by atoms with Crippen LogP contribution in [0.25, 0.3) is 16.8 Å². The number of benzene rings is 3. The average molecular weight is 521 g/mol. The summed E-state index contributed by atoms with van der Waals surface area (Å²) in [5, 5.41) is 8.46. The summed E-state index contributed by atoms with van der Waals surface area (Å²) < 4.78 is 86.0. The Hall–Kier alpha value is -4.40. The third kappa shape index (κ3) is 3.77. The van der Waals surface area contributed by atoms with E-state index in [0.29, 0.717) is 35.5 Å². The highest BCUT2D eigenvalue weighted by molar-refractivity contribution is 6.56. The maximum atomic E-state index is 14.5. The first kappa shape index (κ1) is 24.0. The number of hydrogen-bond acceptors (Lipinski definition) is 2. The van der Waals surface area contributed by atoms with Gasteiger partial charge in [0.25, 0.3) is 0 Å². The number of alkyl halides is 3. The molecule has 0 radical (unpaired) electrons. The predicted octanol–water partition coefficient (Wildman–Crippen LogP) is 7.93. The first-order valence-corrected chi connectivity index (χ1v) is 11.7. The number of halogens is 6. The zero-order valence-corrected chi connectivity index (χ0v) is 19.5. The summed E-state index contributed by atoms with van der Waals surface area (Å²) >= 11 is 0. The maximum Gasteiger partial charge on any atom is 0.417 e. The molecule has 3 heterocycles. The minimum atomic E-state index is -4.72. The Kier molecular flexibility index (Phi) is 5.41. The van der Waals surface area contributed by atoms with Crippen LogP contribution >= 0.6 is 0 Å². The van der Waals surface area contributed by atoms with Crippen LogP contribution in [0.2, 0.25) is 0 Å². The first-order chi connectivity index (χ1) is 18.1. The van der Waals surface area contributed by atoms with Gasteiger partial charge < -0.3 is 4.57 Å². The zero-order chi connectivity index (χ0) is 26.8. The number of fused-ring (bicyclic) bond motifs is 2. The van der Waals surface area contributed by atoms with Crippen molar-refractivity contribution in [2.45, 2.75) is 19.1 Å². The van der Waals surface area contributed by atoms with E-state index in [1.54, 1.807) is 16.7 Å². The summed E-state index contributed by atoms with van der Waals surface area (Å²) in [4.78, 5) is 4.18. The van der Waals surface area contributed by atoms with Gasteiger partial charge in [-0.1, -0.05) is 18.2 Å². The standard InChI is InChI=1S/C29H17F6N3/c30-16-7-8-18-23(14-16)37-28(27(18)36)20-13-15(6-9-21(20)29(33,34)35)17-4-2-12-38-24(17)10-11-25(38)19-3-1-5-22(31)26(19)32/h1,3-11,13-14,36H,2,12H2. The van der Waals surface area contributed by atoms with Crippen molar-refractivity contribution in [1.29, 1.82) is 5.41 Å². The molecule has 190 valence electrons. The van der Waals surface area contributed by atoms with E-state index < -0.39 is 29.2 Å². The smallest absolute Gasteiger partial charge is 0.340 e. The van der Waals surface area contributed by atoms with Crippen LogP contribution in [-0.2, 0) is 12.7 Å². The fourth-order valence-corrected chi connectivity index (χ4v) is 5.05. The van der Waals surface area contributed by atoms with Gasteiger partial charge in [-0.3, -0.25) is 5.41 Å². The van der Waals surface area contributed by atoms with Crippen LogP contribution in [0.3, 0.4) is 0 Å². The Balaban J connectivity index is 1.48. The van der Waals surface area contributed by atoms with E-state index in [9.17, 15) is 26.3 Å². The SMILES string of the molecule is N=C1C(c2cc(C3=CCCn4c3ccc4-c3cccc(F)c3F)ccc2C(F)(F)F)=Nc2cc(F)ccc21. The van der Waals surface area contributed by atoms with Crippen LogP contribution in [0, 0.1) is 22.9 Å².